The highest BCUT2D eigenvalue weighted by Crippen LogP contribution is 2.28. The van der Waals surface area contributed by atoms with Crippen LogP contribution in [-0.4, -0.2) is 47.0 Å². The second-order valence-electron chi connectivity index (χ2n) is 6.79. The summed E-state index contributed by atoms with van der Waals surface area (Å²) >= 11 is 0. The summed E-state index contributed by atoms with van der Waals surface area (Å²) < 4.78 is 7.16. The van der Waals surface area contributed by atoms with Crippen LogP contribution in [0, 0.1) is 13.8 Å². The number of aryl methyl sites for hydroxylation is 3. The van der Waals surface area contributed by atoms with Gasteiger partial charge in [-0.1, -0.05) is 12.1 Å². The number of benzene rings is 1. The molecule has 1 aromatic carbocycles. The van der Waals surface area contributed by atoms with Crippen molar-refractivity contribution in [3.8, 4) is 0 Å². The number of hydrogen-bond donors (Lipinski definition) is 1. The molecular formula is C20H23N5O2. The maximum atomic E-state index is 13.2. The molecule has 0 radical (unpaired) electrons. The summed E-state index contributed by atoms with van der Waals surface area (Å²) in [6, 6.07) is 9.71. The van der Waals surface area contributed by atoms with Crippen LogP contribution >= 0.6 is 0 Å². The average Bonchev–Trinajstić information content (AvgIpc) is 2.96. The maximum Gasteiger partial charge on any atom is 0.256 e. The zero-order valence-electron chi connectivity index (χ0n) is 15.8. The van der Waals surface area contributed by atoms with Gasteiger partial charge in [-0.15, -0.1) is 0 Å². The van der Waals surface area contributed by atoms with Crippen LogP contribution in [0.1, 0.15) is 21.7 Å². The van der Waals surface area contributed by atoms with E-state index in [9.17, 15) is 4.79 Å². The highest BCUT2D eigenvalue weighted by Gasteiger charge is 2.20. The monoisotopic (exact) mass is 365 g/mol. The highest BCUT2D eigenvalue weighted by atomic mass is 16.5. The first kappa shape index (κ1) is 17.5. The summed E-state index contributed by atoms with van der Waals surface area (Å²) in [4.78, 5) is 19.9. The fraction of sp³-hybridized carbons (Fsp3) is 0.350. The van der Waals surface area contributed by atoms with Crippen molar-refractivity contribution in [2.24, 2.45) is 7.05 Å². The first-order chi connectivity index (χ1) is 13.0. The molecule has 7 heteroatoms. The van der Waals surface area contributed by atoms with E-state index >= 15 is 0 Å². The summed E-state index contributed by atoms with van der Waals surface area (Å²) in [5.74, 6) is -0.151. The molecule has 0 unspecified atom stereocenters. The van der Waals surface area contributed by atoms with Crippen molar-refractivity contribution in [2.45, 2.75) is 13.8 Å². The minimum Gasteiger partial charge on any atom is -0.378 e. The third-order valence-corrected chi connectivity index (χ3v) is 4.85. The normalized spacial score (nSPS) is 14.6. The molecule has 4 rings (SSSR count). The first-order valence-electron chi connectivity index (χ1n) is 9.08. The van der Waals surface area contributed by atoms with Crippen LogP contribution in [0.2, 0.25) is 0 Å². The molecule has 3 aromatic rings. The number of nitrogens with zero attached hydrogens (tertiary/aromatic N) is 4. The van der Waals surface area contributed by atoms with E-state index in [0.29, 0.717) is 18.8 Å². The predicted molar refractivity (Wildman–Crippen MR) is 105 cm³/mol. The van der Waals surface area contributed by atoms with Crippen LogP contribution in [0.15, 0.2) is 30.3 Å². The Morgan fingerprint density at radius 1 is 1.19 bits per heavy atom. The maximum absolute atomic E-state index is 13.2. The fourth-order valence-corrected chi connectivity index (χ4v) is 3.60. The molecule has 0 aliphatic carbocycles. The number of nitrogens with one attached hydrogen (secondary N) is 1. The van der Waals surface area contributed by atoms with Gasteiger partial charge in [-0.25, -0.2) is 4.98 Å². The molecule has 2 aromatic heterocycles. The highest BCUT2D eigenvalue weighted by molar-refractivity contribution is 6.13. The van der Waals surface area contributed by atoms with Gasteiger partial charge in [-0.05, 0) is 32.0 Å². The van der Waals surface area contributed by atoms with Crippen molar-refractivity contribution >= 4 is 28.3 Å². The zero-order chi connectivity index (χ0) is 19.0. The van der Waals surface area contributed by atoms with Crippen molar-refractivity contribution in [3.63, 3.8) is 0 Å². The number of morpholine rings is 1. The van der Waals surface area contributed by atoms with E-state index in [1.165, 1.54) is 0 Å². The van der Waals surface area contributed by atoms with Gasteiger partial charge in [0.15, 0.2) is 5.65 Å². The first-order valence-corrected chi connectivity index (χ1v) is 9.08. The Balaban J connectivity index is 1.71. The third kappa shape index (κ3) is 3.26. The molecule has 1 aliphatic rings. The molecule has 1 saturated heterocycles. The number of anilines is 2. The Hall–Kier alpha value is -2.93. The van der Waals surface area contributed by atoms with Crippen molar-refractivity contribution in [1.29, 1.82) is 0 Å². The number of para-hydroxylation sites is 2. The SMILES string of the molecule is Cc1cc(C(=O)Nc2ccccc2N2CCOCC2)c2c(C)nn(C)c2n1. The number of hydrogen-bond acceptors (Lipinski definition) is 5. The van der Waals surface area contributed by atoms with Gasteiger partial charge in [0.25, 0.3) is 5.91 Å². The lowest BCUT2D eigenvalue weighted by molar-refractivity contribution is 0.102. The van der Waals surface area contributed by atoms with Gasteiger partial charge in [-0.3, -0.25) is 9.48 Å². The molecule has 1 aliphatic heterocycles. The summed E-state index contributed by atoms with van der Waals surface area (Å²) in [6.45, 7) is 6.81. The number of fused-ring (bicyclic) bond motifs is 1. The van der Waals surface area contributed by atoms with Crippen LogP contribution in [0.3, 0.4) is 0 Å². The van der Waals surface area contributed by atoms with Crippen LogP contribution in [-0.2, 0) is 11.8 Å². The van der Waals surface area contributed by atoms with Crippen molar-refractivity contribution in [3.05, 3.63) is 47.3 Å². The predicted octanol–water partition coefficient (Wildman–Crippen LogP) is 2.67. The Bertz CT molecular complexity index is 1010. The molecular weight excluding hydrogens is 342 g/mol. The van der Waals surface area contributed by atoms with Crippen molar-refractivity contribution < 1.29 is 9.53 Å². The Morgan fingerprint density at radius 3 is 2.70 bits per heavy atom. The molecule has 1 N–H and O–H groups in total. The Kier molecular flexibility index (Phi) is 4.53. The summed E-state index contributed by atoms with van der Waals surface area (Å²) in [6.07, 6.45) is 0. The topological polar surface area (TPSA) is 72.3 Å². The van der Waals surface area contributed by atoms with Gasteiger partial charge in [0, 0.05) is 25.8 Å². The van der Waals surface area contributed by atoms with Gasteiger partial charge in [0.05, 0.1) is 41.2 Å². The van der Waals surface area contributed by atoms with Gasteiger partial charge in [0.2, 0.25) is 0 Å². The molecule has 1 fully saturated rings. The lowest BCUT2D eigenvalue weighted by Gasteiger charge is -2.30. The number of carbonyl (C=O) groups is 1. The molecule has 0 bridgehead atoms. The van der Waals surface area contributed by atoms with Gasteiger partial charge >= 0.3 is 0 Å². The van der Waals surface area contributed by atoms with E-state index < -0.39 is 0 Å². The van der Waals surface area contributed by atoms with E-state index in [4.69, 9.17) is 4.74 Å². The lowest BCUT2D eigenvalue weighted by Crippen LogP contribution is -2.36. The fourth-order valence-electron chi connectivity index (χ4n) is 3.60. The Labute approximate surface area is 157 Å². The number of pyridine rings is 1. The smallest absolute Gasteiger partial charge is 0.256 e. The van der Waals surface area contributed by atoms with E-state index in [0.717, 1.165) is 46.9 Å². The van der Waals surface area contributed by atoms with E-state index in [2.05, 4.69) is 20.3 Å². The summed E-state index contributed by atoms with van der Waals surface area (Å²) in [5, 5.41) is 8.31. The van der Waals surface area contributed by atoms with Gasteiger partial charge in [-0.2, -0.15) is 5.10 Å². The van der Waals surface area contributed by atoms with Crippen LogP contribution in [0.4, 0.5) is 11.4 Å². The van der Waals surface area contributed by atoms with Crippen LogP contribution < -0.4 is 10.2 Å². The lowest BCUT2D eigenvalue weighted by atomic mass is 10.1. The number of amides is 1. The minimum absolute atomic E-state index is 0.151. The van der Waals surface area contributed by atoms with Crippen molar-refractivity contribution in [1.82, 2.24) is 14.8 Å². The van der Waals surface area contributed by atoms with E-state index in [-0.39, 0.29) is 5.91 Å². The molecule has 0 saturated carbocycles. The van der Waals surface area contributed by atoms with Crippen LogP contribution in [0.5, 0.6) is 0 Å². The van der Waals surface area contributed by atoms with E-state index in [1.807, 2.05) is 51.2 Å². The number of aromatic nitrogens is 3. The van der Waals surface area contributed by atoms with Crippen LogP contribution in [0.25, 0.3) is 11.0 Å². The Morgan fingerprint density at radius 2 is 1.93 bits per heavy atom. The third-order valence-electron chi connectivity index (χ3n) is 4.85. The molecule has 7 nitrogen and oxygen atoms in total. The minimum atomic E-state index is -0.151. The van der Waals surface area contributed by atoms with Crippen molar-refractivity contribution in [2.75, 3.05) is 36.5 Å². The molecule has 0 atom stereocenters. The van der Waals surface area contributed by atoms with E-state index in [1.54, 1.807) is 4.68 Å². The average molecular weight is 365 g/mol. The number of ether oxygens (including phenoxy) is 1. The quantitative estimate of drug-likeness (QED) is 0.773. The molecule has 27 heavy (non-hydrogen) atoms. The largest absolute Gasteiger partial charge is 0.378 e. The van der Waals surface area contributed by atoms with Gasteiger partial charge in [0.1, 0.15) is 0 Å². The summed E-state index contributed by atoms with van der Waals surface area (Å²) in [5.41, 5.74) is 4.72. The molecule has 140 valence electrons. The second kappa shape index (κ2) is 7.00. The standard InChI is InChI=1S/C20H23N5O2/c1-13-12-15(18-14(2)23-24(3)19(18)21-13)20(26)22-16-6-4-5-7-17(16)25-8-10-27-11-9-25/h4-7,12H,8-11H2,1-3H3,(H,22,26). The number of carbonyl (C=O) groups excluding carboxylic acids is 1. The second-order valence-corrected chi connectivity index (χ2v) is 6.79. The molecule has 3 heterocycles. The number of rotatable bonds is 3. The molecule has 0 spiro atoms. The molecule has 1 amide bonds. The van der Waals surface area contributed by atoms with Gasteiger partial charge < -0.3 is 15.0 Å². The zero-order valence-corrected chi connectivity index (χ0v) is 15.8. The summed E-state index contributed by atoms with van der Waals surface area (Å²) in [7, 11) is 1.84.